The van der Waals surface area contributed by atoms with Gasteiger partial charge in [0.05, 0.1) is 5.56 Å². The van der Waals surface area contributed by atoms with Gasteiger partial charge in [-0.3, -0.25) is 9.36 Å². The van der Waals surface area contributed by atoms with Crippen LogP contribution in [0.2, 0.25) is 0 Å². The second-order valence-electron chi connectivity index (χ2n) is 5.44. The first-order chi connectivity index (χ1) is 10.2. The Labute approximate surface area is 152 Å². The molecule has 0 saturated carbocycles. The topological polar surface area (TPSA) is 59.0 Å². The molecule has 0 bridgehead atoms. The smallest absolute Gasteiger partial charge is 0.253 e. The molecule has 3 heterocycles. The molecule has 2 aromatic rings. The number of rotatable bonds is 4. The normalized spacial score (nSPS) is 16.5. The maximum absolute atomic E-state index is 12.4. The lowest BCUT2D eigenvalue weighted by Gasteiger charge is -2.11. The van der Waals surface area contributed by atoms with E-state index in [2.05, 4.69) is 15.6 Å². The van der Waals surface area contributed by atoms with Gasteiger partial charge in [0.15, 0.2) is 5.13 Å². The average Bonchev–Trinajstić information content (AvgIpc) is 3.18. The van der Waals surface area contributed by atoms with E-state index in [1.807, 2.05) is 29.9 Å². The van der Waals surface area contributed by atoms with Crippen molar-refractivity contribution in [2.24, 2.45) is 0 Å². The quantitative estimate of drug-likeness (QED) is 0.862. The number of nitrogens with one attached hydrogen (secondary N) is 2. The van der Waals surface area contributed by atoms with Gasteiger partial charge in [-0.15, -0.1) is 36.2 Å². The lowest BCUT2D eigenvalue weighted by molar-refractivity contribution is 0.0949. The van der Waals surface area contributed by atoms with Crippen LogP contribution in [0.4, 0.5) is 0 Å². The van der Waals surface area contributed by atoms with Gasteiger partial charge in [-0.1, -0.05) is 0 Å². The third-order valence-corrected chi connectivity index (χ3v) is 4.71. The van der Waals surface area contributed by atoms with Crippen LogP contribution in [-0.2, 0) is 0 Å². The molecule has 2 N–H and O–H groups in total. The number of amides is 1. The molecule has 1 fully saturated rings. The van der Waals surface area contributed by atoms with E-state index in [4.69, 9.17) is 0 Å². The van der Waals surface area contributed by atoms with E-state index in [1.165, 1.54) is 6.42 Å². The molecular weight excluding hydrogens is 355 g/mol. The van der Waals surface area contributed by atoms with Gasteiger partial charge in [0.25, 0.3) is 5.91 Å². The van der Waals surface area contributed by atoms with E-state index in [9.17, 15) is 4.79 Å². The highest BCUT2D eigenvalue weighted by molar-refractivity contribution is 7.12. The number of thiazole rings is 1. The Balaban J connectivity index is 0.00000132. The molecule has 0 radical (unpaired) electrons. The van der Waals surface area contributed by atoms with Gasteiger partial charge in [0.1, 0.15) is 0 Å². The molecule has 1 unspecified atom stereocenters. The van der Waals surface area contributed by atoms with Crippen molar-refractivity contribution in [3.8, 4) is 5.13 Å². The van der Waals surface area contributed by atoms with Crippen LogP contribution in [0.5, 0.6) is 0 Å². The number of carbonyl (C=O) groups excluding carboxylic acids is 1. The van der Waals surface area contributed by atoms with E-state index >= 15 is 0 Å². The predicted octanol–water partition coefficient (Wildman–Crippen LogP) is 2.88. The van der Waals surface area contributed by atoms with Crippen LogP contribution in [0.1, 0.15) is 34.6 Å². The van der Waals surface area contributed by atoms with Crippen molar-refractivity contribution in [2.45, 2.75) is 32.7 Å². The molecule has 0 aliphatic carbocycles. The van der Waals surface area contributed by atoms with E-state index in [0.29, 0.717) is 12.6 Å². The Morgan fingerprint density at radius 3 is 2.87 bits per heavy atom. The number of nitrogens with zero attached hydrogens (tertiary/aromatic N) is 2. The Morgan fingerprint density at radius 2 is 2.26 bits per heavy atom. The highest BCUT2D eigenvalue weighted by atomic mass is 35.5. The zero-order valence-electron chi connectivity index (χ0n) is 13.2. The second kappa shape index (κ2) is 8.68. The molecule has 1 amide bonds. The van der Waals surface area contributed by atoms with Crippen LogP contribution in [0, 0.1) is 13.8 Å². The Morgan fingerprint density at radius 1 is 1.48 bits per heavy atom. The zero-order chi connectivity index (χ0) is 14.8. The summed E-state index contributed by atoms with van der Waals surface area (Å²) in [5.41, 5.74) is 2.71. The zero-order valence-corrected chi connectivity index (χ0v) is 15.6. The average molecular weight is 377 g/mol. The fraction of sp³-hybridized carbons (Fsp3) is 0.467. The van der Waals surface area contributed by atoms with E-state index in [1.54, 1.807) is 17.5 Å². The van der Waals surface area contributed by atoms with Crippen molar-refractivity contribution in [2.75, 3.05) is 13.1 Å². The van der Waals surface area contributed by atoms with Crippen LogP contribution < -0.4 is 10.6 Å². The molecule has 128 valence electrons. The fourth-order valence-corrected chi connectivity index (χ4v) is 3.61. The lowest BCUT2D eigenvalue weighted by atomic mass is 10.2. The third-order valence-electron chi connectivity index (χ3n) is 3.96. The number of aromatic nitrogens is 2. The number of halogens is 2. The standard InChI is InChI=1S/C15H20N4OS.2ClH/c1-10-8-13(11(2)19(10)15-17-6-7-21-15)14(20)18-9-12-4-3-5-16-12;;/h6-8,12,16H,3-5,9H2,1-2H3,(H,18,20);2*1H. The highest BCUT2D eigenvalue weighted by Gasteiger charge is 2.19. The van der Waals surface area contributed by atoms with E-state index in [-0.39, 0.29) is 30.7 Å². The maximum atomic E-state index is 12.4. The fourth-order valence-electron chi connectivity index (χ4n) is 2.86. The number of carbonyl (C=O) groups is 1. The lowest BCUT2D eigenvalue weighted by Crippen LogP contribution is -2.37. The first-order valence-electron chi connectivity index (χ1n) is 7.27. The van der Waals surface area contributed by atoms with Crippen LogP contribution in [-0.4, -0.2) is 34.6 Å². The highest BCUT2D eigenvalue weighted by Crippen LogP contribution is 2.22. The molecule has 1 aliphatic rings. The molecule has 5 nitrogen and oxygen atoms in total. The summed E-state index contributed by atoms with van der Waals surface area (Å²) < 4.78 is 2.04. The molecule has 8 heteroatoms. The Kier molecular flexibility index (Phi) is 7.54. The number of hydrogen-bond acceptors (Lipinski definition) is 4. The molecule has 1 atom stereocenters. The van der Waals surface area contributed by atoms with Gasteiger partial charge < -0.3 is 10.6 Å². The molecule has 23 heavy (non-hydrogen) atoms. The van der Waals surface area contributed by atoms with Crippen LogP contribution in [0.25, 0.3) is 5.13 Å². The summed E-state index contributed by atoms with van der Waals surface area (Å²) in [5, 5.41) is 9.27. The predicted molar refractivity (Wildman–Crippen MR) is 98.8 cm³/mol. The molecule has 0 spiro atoms. The number of aryl methyl sites for hydroxylation is 1. The molecule has 1 aliphatic heterocycles. The molecule has 1 saturated heterocycles. The first-order valence-corrected chi connectivity index (χ1v) is 8.15. The maximum Gasteiger partial charge on any atom is 0.253 e. The Bertz CT molecular complexity index is 636. The van der Waals surface area contributed by atoms with Crippen molar-refractivity contribution in [1.82, 2.24) is 20.2 Å². The minimum atomic E-state index is -0.000365. The van der Waals surface area contributed by atoms with Crippen LogP contribution >= 0.6 is 36.2 Å². The summed E-state index contributed by atoms with van der Waals surface area (Å²) in [7, 11) is 0. The van der Waals surface area contributed by atoms with Gasteiger partial charge in [-0.2, -0.15) is 0 Å². The summed E-state index contributed by atoms with van der Waals surface area (Å²) in [6.45, 7) is 5.72. The number of hydrogen-bond donors (Lipinski definition) is 2. The SMILES string of the molecule is Cc1cc(C(=O)NCC2CCCN2)c(C)n1-c1nccs1.Cl.Cl. The summed E-state index contributed by atoms with van der Waals surface area (Å²) in [6.07, 6.45) is 4.11. The second-order valence-corrected chi connectivity index (χ2v) is 6.31. The van der Waals surface area contributed by atoms with Crippen LogP contribution in [0.15, 0.2) is 17.6 Å². The molecule has 2 aromatic heterocycles. The third kappa shape index (κ3) is 4.26. The van der Waals surface area contributed by atoms with Crippen LogP contribution in [0.3, 0.4) is 0 Å². The summed E-state index contributed by atoms with van der Waals surface area (Å²) in [4.78, 5) is 16.7. The van der Waals surface area contributed by atoms with E-state index < -0.39 is 0 Å². The Hall–Kier alpha value is -1.08. The minimum Gasteiger partial charge on any atom is -0.350 e. The largest absolute Gasteiger partial charge is 0.350 e. The van der Waals surface area contributed by atoms with Crippen molar-refractivity contribution in [1.29, 1.82) is 0 Å². The minimum absolute atomic E-state index is 0. The summed E-state index contributed by atoms with van der Waals surface area (Å²) >= 11 is 1.57. The van der Waals surface area contributed by atoms with Gasteiger partial charge >= 0.3 is 0 Å². The van der Waals surface area contributed by atoms with Crippen molar-refractivity contribution in [3.63, 3.8) is 0 Å². The van der Waals surface area contributed by atoms with Gasteiger partial charge in [0.2, 0.25) is 0 Å². The van der Waals surface area contributed by atoms with Crippen molar-refractivity contribution in [3.05, 3.63) is 34.6 Å². The monoisotopic (exact) mass is 376 g/mol. The first kappa shape index (κ1) is 20.0. The van der Waals surface area contributed by atoms with Gasteiger partial charge in [0, 0.05) is 35.6 Å². The molecular formula is C15H22Cl2N4OS. The van der Waals surface area contributed by atoms with E-state index in [0.717, 1.165) is 35.0 Å². The molecule has 0 aromatic carbocycles. The summed E-state index contributed by atoms with van der Waals surface area (Å²) in [5.74, 6) is -0.000365. The van der Waals surface area contributed by atoms with Crippen molar-refractivity contribution < 1.29 is 4.79 Å². The van der Waals surface area contributed by atoms with Crippen molar-refractivity contribution >= 4 is 42.1 Å². The summed E-state index contributed by atoms with van der Waals surface area (Å²) in [6, 6.07) is 2.35. The van der Waals surface area contributed by atoms with Gasteiger partial charge in [-0.25, -0.2) is 4.98 Å². The van der Waals surface area contributed by atoms with Gasteiger partial charge in [-0.05, 0) is 39.3 Å². The molecule has 3 rings (SSSR count).